The van der Waals surface area contributed by atoms with Crippen LogP contribution in [0.4, 0.5) is 5.69 Å². The fourth-order valence-corrected chi connectivity index (χ4v) is 3.03. The van der Waals surface area contributed by atoms with Gasteiger partial charge in [0.2, 0.25) is 5.91 Å². The molecular formula is C26H28N2O5. The first-order valence-corrected chi connectivity index (χ1v) is 10.7. The molecule has 0 fully saturated rings. The number of carbonyl (C=O) groups is 1. The van der Waals surface area contributed by atoms with Gasteiger partial charge in [0.15, 0.2) is 23.0 Å². The van der Waals surface area contributed by atoms with Gasteiger partial charge in [-0.1, -0.05) is 6.07 Å². The molecule has 7 heteroatoms. The Balaban J connectivity index is 1.67. The Labute approximate surface area is 194 Å². The number of nitrogens with zero attached hydrogens (tertiary/aromatic N) is 1. The Morgan fingerprint density at radius 1 is 0.879 bits per heavy atom. The number of pyridine rings is 1. The second-order valence-electron chi connectivity index (χ2n) is 6.90. The fourth-order valence-electron chi connectivity index (χ4n) is 3.03. The van der Waals surface area contributed by atoms with Crippen LogP contribution >= 0.6 is 0 Å². The predicted molar refractivity (Wildman–Crippen MR) is 128 cm³/mol. The number of rotatable bonds is 11. The maximum absolute atomic E-state index is 12.5. The molecule has 0 atom stereocenters. The topological polar surface area (TPSA) is 78.9 Å². The lowest BCUT2D eigenvalue weighted by molar-refractivity contribution is -0.111. The van der Waals surface area contributed by atoms with E-state index < -0.39 is 0 Å². The van der Waals surface area contributed by atoms with Gasteiger partial charge in [0, 0.05) is 30.2 Å². The lowest BCUT2D eigenvalue weighted by atomic mass is 10.2. The molecule has 3 aromatic rings. The highest BCUT2D eigenvalue weighted by Gasteiger charge is 2.09. The smallest absolute Gasteiger partial charge is 0.248 e. The molecule has 1 amide bonds. The molecule has 2 aromatic carbocycles. The van der Waals surface area contributed by atoms with Crippen LogP contribution in [-0.2, 0) is 11.4 Å². The summed E-state index contributed by atoms with van der Waals surface area (Å²) in [6.07, 6.45) is 6.60. The number of amides is 1. The molecule has 172 valence electrons. The summed E-state index contributed by atoms with van der Waals surface area (Å²) in [4.78, 5) is 16.5. The Hall–Kier alpha value is -4.00. The van der Waals surface area contributed by atoms with E-state index in [0.29, 0.717) is 48.5 Å². The standard InChI is InChI=1S/C26H28N2O5/c1-4-31-23-9-6-19(16-24(23)32-5-2)7-11-26(29)28-21-8-10-22(30-3)25(17-21)33-18-20-12-14-27-15-13-20/h6-17H,4-5,18H2,1-3H3,(H,28,29)/b11-7+. The number of hydrogen-bond donors (Lipinski definition) is 1. The van der Waals surface area contributed by atoms with Gasteiger partial charge in [-0.15, -0.1) is 0 Å². The normalized spacial score (nSPS) is 10.6. The third-order valence-corrected chi connectivity index (χ3v) is 4.57. The van der Waals surface area contributed by atoms with Crippen LogP contribution in [0, 0.1) is 0 Å². The van der Waals surface area contributed by atoms with Crippen molar-refractivity contribution in [1.29, 1.82) is 0 Å². The van der Waals surface area contributed by atoms with Crippen molar-refractivity contribution in [2.75, 3.05) is 25.6 Å². The van der Waals surface area contributed by atoms with Crippen LogP contribution in [0.25, 0.3) is 6.08 Å². The van der Waals surface area contributed by atoms with Gasteiger partial charge in [0.1, 0.15) is 6.61 Å². The van der Waals surface area contributed by atoms with Crippen molar-refractivity contribution in [2.24, 2.45) is 0 Å². The Morgan fingerprint density at radius 2 is 1.58 bits per heavy atom. The zero-order chi connectivity index (χ0) is 23.5. The predicted octanol–water partition coefficient (Wildman–Crippen LogP) is 5.12. The van der Waals surface area contributed by atoms with Crippen LogP contribution in [0.3, 0.4) is 0 Å². The zero-order valence-electron chi connectivity index (χ0n) is 19.0. The number of carbonyl (C=O) groups excluding carboxylic acids is 1. The van der Waals surface area contributed by atoms with Crippen LogP contribution in [-0.4, -0.2) is 31.2 Å². The van der Waals surface area contributed by atoms with E-state index in [1.807, 2.05) is 44.2 Å². The van der Waals surface area contributed by atoms with E-state index in [1.165, 1.54) is 6.08 Å². The van der Waals surface area contributed by atoms with Crippen LogP contribution in [0.5, 0.6) is 23.0 Å². The van der Waals surface area contributed by atoms with E-state index in [1.54, 1.807) is 43.8 Å². The van der Waals surface area contributed by atoms with Crippen molar-refractivity contribution in [1.82, 2.24) is 4.98 Å². The van der Waals surface area contributed by atoms with Crippen molar-refractivity contribution in [3.8, 4) is 23.0 Å². The van der Waals surface area contributed by atoms with Gasteiger partial charge in [-0.2, -0.15) is 0 Å². The van der Waals surface area contributed by atoms with Gasteiger partial charge in [-0.3, -0.25) is 9.78 Å². The van der Waals surface area contributed by atoms with Gasteiger partial charge in [-0.05, 0) is 67.4 Å². The van der Waals surface area contributed by atoms with E-state index in [0.717, 1.165) is 11.1 Å². The monoisotopic (exact) mass is 448 g/mol. The quantitative estimate of drug-likeness (QED) is 0.410. The summed E-state index contributed by atoms with van der Waals surface area (Å²) in [5.41, 5.74) is 2.40. The van der Waals surface area contributed by atoms with Crippen LogP contribution in [0.1, 0.15) is 25.0 Å². The first-order chi connectivity index (χ1) is 16.1. The van der Waals surface area contributed by atoms with E-state index in [2.05, 4.69) is 10.3 Å². The second kappa shape index (κ2) is 12.1. The van der Waals surface area contributed by atoms with Crippen LogP contribution in [0.15, 0.2) is 67.0 Å². The van der Waals surface area contributed by atoms with Gasteiger partial charge >= 0.3 is 0 Å². The third kappa shape index (κ3) is 7.00. The van der Waals surface area contributed by atoms with Gasteiger partial charge in [0.25, 0.3) is 0 Å². The number of methoxy groups -OCH3 is 1. The summed E-state index contributed by atoms with van der Waals surface area (Å²) < 4.78 is 22.5. The van der Waals surface area contributed by atoms with E-state index in [9.17, 15) is 4.79 Å². The summed E-state index contributed by atoms with van der Waals surface area (Å²) in [6.45, 7) is 5.26. The Kier molecular flexibility index (Phi) is 8.71. The summed E-state index contributed by atoms with van der Waals surface area (Å²) in [7, 11) is 1.57. The maximum Gasteiger partial charge on any atom is 0.248 e. The zero-order valence-corrected chi connectivity index (χ0v) is 19.0. The van der Waals surface area contributed by atoms with Gasteiger partial charge in [-0.25, -0.2) is 0 Å². The summed E-state index contributed by atoms with van der Waals surface area (Å²) in [5.74, 6) is 2.16. The number of ether oxygens (including phenoxy) is 4. The molecule has 0 bridgehead atoms. The van der Waals surface area contributed by atoms with Crippen LogP contribution in [0.2, 0.25) is 0 Å². The van der Waals surface area contributed by atoms with E-state index >= 15 is 0 Å². The first kappa shape index (κ1) is 23.7. The summed E-state index contributed by atoms with van der Waals surface area (Å²) in [6, 6.07) is 14.5. The average Bonchev–Trinajstić information content (AvgIpc) is 2.84. The molecule has 0 aliphatic heterocycles. The molecule has 1 N–H and O–H groups in total. The lowest BCUT2D eigenvalue weighted by Crippen LogP contribution is -2.08. The number of nitrogens with one attached hydrogen (secondary N) is 1. The molecule has 0 saturated carbocycles. The molecule has 1 heterocycles. The minimum absolute atomic E-state index is 0.271. The Morgan fingerprint density at radius 3 is 2.30 bits per heavy atom. The van der Waals surface area contributed by atoms with Crippen molar-refractivity contribution >= 4 is 17.7 Å². The van der Waals surface area contributed by atoms with Crippen molar-refractivity contribution < 1.29 is 23.7 Å². The minimum Gasteiger partial charge on any atom is -0.493 e. The number of hydrogen-bond acceptors (Lipinski definition) is 6. The lowest BCUT2D eigenvalue weighted by Gasteiger charge is -2.13. The third-order valence-electron chi connectivity index (χ3n) is 4.57. The number of aromatic nitrogens is 1. The molecule has 0 unspecified atom stereocenters. The summed E-state index contributed by atoms with van der Waals surface area (Å²) in [5, 5.41) is 2.85. The van der Waals surface area contributed by atoms with E-state index in [4.69, 9.17) is 18.9 Å². The van der Waals surface area contributed by atoms with Crippen LogP contribution < -0.4 is 24.3 Å². The second-order valence-corrected chi connectivity index (χ2v) is 6.90. The molecule has 3 rings (SSSR count). The van der Waals surface area contributed by atoms with E-state index in [-0.39, 0.29) is 5.91 Å². The molecule has 33 heavy (non-hydrogen) atoms. The fraction of sp³-hybridized carbons (Fsp3) is 0.231. The molecule has 0 spiro atoms. The minimum atomic E-state index is -0.271. The molecule has 1 aromatic heterocycles. The largest absolute Gasteiger partial charge is 0.493 e. The molecule has 0 aliphatic rings. The average molecular weight is 449 g/mol. The highest BCUT2D eigenvalue weighted by atomic mass is 16.5. The molecule has 7 nitrogen and oxygen atoms in total. The maximum atomic E-state index is 12.5. The van der Waals surface area contributed by atoms with Crippen molar-refractivity contribution in [3.63, 3.8) is 0 Å². The Bertz CT molecular complexity index is 1080. The molecule has 0 saturated heterocycles. The molecular weight excluding hydrogens is 420 g/mol. The first-order valence-electron chi connectivity index (χ1n) is 10.7. The SMILES string of the molecule is CCOc1ccc(/C=C/C(=O)Nc2ccc(OC)c(OCc3ccncc3)c2)cc1OCC. The summed E-state index contributed by atoms with van der Waals surface area (Å²) >= 11 is 0. The van der Waals surface area contributed by atoms with Gasteiger partial charge in [0.05, 0.1) is 20.3 Å². The van der Waals surface area contributed by atoms with Gasteiger partial charge < -0.3 is 24.3 Å². The molecule has 0 aliphatic carbocycles. The number of benzene rings is 2. The van der Waals surface area contributed by atoms with Crippen molar-refractivity contribution in [3.05, 3.63) is 78.1 Å². The number of anilines is 1. The highest BCUT2D eigenvalue weighted by molar-refractivity contribution is 6.02. The highest BCUT2D eigenvalue weighted by Crippen LogP contribution is 2.31. The van der Waals surface area contributed by atoms with Crippen molar-refractivity contribution in [2.45, 2.75) is 20.5 Å². The molecule has 0 radical (unpaired) electrons.